The average molecular weight is 340 g/mol. The van der Waals surface area contributed by atoms with E-state index in [9.17, 15) is 12.8 Å². The molecule has 126 valence electrons. The molecule has 0 aliphatic carbocycles. The van der Waals surface area contributed by atoms with Gasteiger partial charge in [-0.1, -0.05) is 13.0 Å². The van der Waals surface area contributed by atoms with Crippen molar-refractivity contribution in [1.82, 2.24) is 9.03 Å². The summed E-state index contributed by atoms with van der Waals surface area (Å²) in [6, 6.07) is 6.09. The molecular weight excluding hydrogens is 319 g/mol. The molecule has 1 atom stereocenters. The standard InChI is InChI=1S/C15H21FN4O2S/c1-12-4-3-9-20(11-12)23(21,22)19-8-7-18-15-6-2-5-14(16)13(15)10-17/h2,5-6,12,18-19H,3-4,7-9,11H2,1H3. The van der Waals surface area contributed by atoms with Crippen LogP contribution in [0.4, 0.5) is 10.1 Å². The SMILES string of the molecule is CC1CCCN(S(=O)(=O)NCCNc2cccc(F)c2C#N)C1. The maximum atomic E-state index is 13.4. The van der Waals surface area contributed by atoms with Crippen molar-refractivity contribution in [2.45, 2.75) is 19.8 Å². The highest BCUT2D eigenvalue weighted by molar-refractivity contribution is 7.87. The Morgan fingerprint density at radius 1 is 1.43 bits per heavy atom. The van der Waals surface area contributed by atoms with Crippen molar-refractivity contribution < 1.29 is 12.8 Å². The predicted molar refractivity (Wildman–Crippen MR) is 86.5 cm³/mol. The first-order valence-electron chi connectivity index (χ1n) is 7.61. The van der Waals surface area contributed by atoms with Gasteiger partial charge < -0.3 is 5.32 Å². The van der Waals surface area contributed by atoms with Gasteiger partial charge in [0.1, 0.15) is 17.4 Å². The zero-order valence-electron chi connectivity index (χ0n) is 13.0. The second kappa shape index (κ2) is 7.73. The summed E-state index contributed by atoms with van der Waals surface area (Å²) in [6.07, 6.45) is 1.92. The number of piperidine rings is 1. The molecule has 1 aromatic carbocycles. The summed E-state index contributed by atoms with van der Waals surface area (Å²) in [5.74, 6) is -0.232. The Bertz CT molecular complexity index is 687. The van der Waals surface area contributed by atoms with Crippen molar-refractivity contribution in [3.8, 4) is 6.07 Å². The molecule has 1 fully saturated rings. The molecule has 2 rings (SSSR count). The topological polar surface area (TPSA) is 85.2 Å². The minimum atomic E-state index is -3.49. The molecule has 1 saturated heterocycles. The van der Waals surface area contributed by atoms with Gasteiger partial charge in [0.15, 0.2) is 0 Å². The van der Waals surface area contributed by atoms with Crippen LogP contribution in [-0.2, 0) is 10.2 Å². The number of hydrogen-bond acceptors (Lipinski definition) is 4. The lowest BCUT2D eigenvalue weighted by Gasteiger charge is -2.30. The molecule has 0 spiro atoms. The third kappa shape index (κ3) is 4.64. The van der Waals surface area contributed by atoms with Crippen molar-refractivity contribution in [1.29, 1.82) is 5.26 Å². The summed E-state index contributed by atoms with van der Waals surface area (Å²) < 4.78 is 41.8. The van der Waals surface area contributed by atoms with Crippen molar-refractivity contribution in [2.24, 2.45) is 5.92 Å². The largest absolute Gasteiger partial charge is 0.383 e. The lowest BCUT2D eigenvalue weighted by molar-refractivity contribution is 0.278. The Labute approximate surface area is 136 Å². The number of anilines is 1. The fraction of sp³-hybridized carbons (Fsp3) is 0.533. The molecule has 23 heavy (non-hydrogen) atoms. The molecule has 1 aliphatic heterocycles. The monoisotopic (exact) mass is 340 g/mol. The Hall–Kier alpha value is -1.69. The van der Waals surface area contributed by atoms with Gasteiger partial charge in [0, 0.05) is 26.2 Å². The highest BCUT2D eigenvalue weighted by atomic mass is 32.2. The number of nitrogens with zero attached hydrogens (tertiary/aromatic N) is 2. The number of nitrogens with one attached hydrogen (secondary N) is 2. The van der Waals surface area contributed by atoms with Crippen LogP contribution in [-0.4, -0.2) is 38.9 Å². The molecule has 0 saturated carbocycles. The fourth-order valence-corrected chi connectivity index (χ4v) is 3.98. The van der Waals surface area contributed by atoms with Crippen LogP contribution in [0.25, 0.3) is 0 Å². The number of hydrogen-bond donors (Lipinski definition) is 2. The van der Waals surface area contributed by atoms with Gasteiger partial charge in [0.2, 0.25) is 0 Å². The van der Waals surface area contributed by atoms with Crippen LogP contribution in [0, 0.1) is 23.1 Å². The molecule has 0 amide bonds. The maximum absolute atomic E-state index is 13.4. The third-order valence-corrected chi connectivity index (χ3v) is 5.39. The first-order chi connectivity index (χ1) is 10.9. The van der Waals surface area contributed by atoms with E-state index in [0.29, 0.717) is 24.7 Å². The van der Waals surface area contributed by atoms with Gasteiger partial charge in [-0.15, -0.1) is 0 Å². The van der Waals surface area contributed by atoms with Crippen LogP contribution in [0.5, 0.6) is 0 Å². The molecule has 1 unspecified atom stereocenters. The molecule has 0 bridgehead atoms. The average Bonchev–Trinajstić information content (AvgIpc) is 2.52. The molecule has 1 aromatic rings. The molecule has 6 nitrogen and oxygen atoms in total. The van der Waals surface area contributed by atoms with E-state index < -0.39 is 16.0 Å². The van der Waals surface area contributed by atoms with Gasteiger partial charge in [-0.05, 0) is 30.9 Å². The van der Waals surface area contributed by atoms with E-state index in [2.05, 4.69) is 10.0 Å². The minimum Gasteiger partial charge on any atom is -0.383 e. The van der Waals surface area contributed by atoms with Gasteiger partial charge in [-0.2, -0.15) is 18.0 Å². The Morgan fingerprint density at radius 2 is 2.22 bits per heavy atom. The van der Waals surface area contributed by atoms with Gasteiger partial charge in [0.25, 0.3) is 10.2 Å². The van der Waals surface area contributed by atoms with Crippen LogP contribution in [0.15, 0.2) is 18.2 Å². The van der Waals surface area contributed by atoms with Gasteiger partial charge in [-0.3, -0.25) is 0 Å². The molecular formula is C15H21FN4O2S. The summed E-state index contributed by atoms with van der Waals surface area (Å²) in [5.41, 5.74) is 0.290. The molecule has 2 N–H and O–H groups in total. The van der Waals surface area contributed by atoms with Crippen molar-refractivity contribution in [2.75, 3.05) is 31.5 Å². The van der Waals surface area contributed by atoms with E-state index in [1.807, 2.05) is 6.92 Å². The summed E-state index contributed by atoms with van der Waals surface area (Å²) in [6.45, 7) is 3.53. The summed E-state index contributed by atoms with van der Waals surface area (Å²) in [7, 11) is -3.49. The Kier molecular flexibility index (Phi) is 5.93. The Balaban J connectivity index is 1.86. The van der Waals surface area contributed by atoms with Crippen LogP contribution < -0.4 is 10.0 Å². The van der Waals surface area contributed by atoms with E-state index >= 15 is 0 Å². The number of rotatable bonds is 6. The highest BCUT2D eigenvalue weighted by Crippen LogP contribution is 2.18. The molecule has 0 aromatic heterocycles. The molecule has 1 aliphatic rings. The molecule has 1 heterocycles. The summed E-state index contributed by atoms with van der Waals surface area (Å²) in [4.78, 5) is 0. The summed E-state index contributed by atoms with van der Waals surface area (Å²) in [5, 5.41) is 11.8. The molecule has 0 radical (unpaired) electrons. The van der Waals surface area contributed by atoms with E-state index in [0.717, 1.165) is 12.8 Å². The second-order valence-corrected chi connectivity index (χ2v) is 7.46. The van der Waals surface area contributed by atoms with E-state index in [4.69, 9.17) is 5.26 Å². The van der Waals surface area contributed by atoms with Gasteiger partial charge in [-0.25, -0.2) is 9.11 Å². The fourth-order valence-electron chi connectivity index (χ4n) is 2.62. The van der Waals surface area contributed by atoms with Crippen LogP contribution in [0.2, 0.25) is 0 Å². The van der Waals surface area contributed by atoms with Crippen LogP contribution >= 0.6 is 0 Å². The van der Waals surface area contributed by atoms with E-state index in [1.54, 1.807) is 12.1 Å². The van der Waals surface area contributed by atoms with Crippen LogP contribution in [0.3, 0.4) is 0 Å². The summed E-state index contributed by atoms with van der Waals surface area (Å²) >= 11 is 0. The quantitative estimate of drug-likeness (QED) is 0.772. The number of nitriles is 1. The molecule has 8 heteroatoms. The zero-order valence-corrected chi connectivity index (χ0v) is 13.9. The number of halogens is 1. The second-order valence-electron chi connectivity index (χ2n) is 5.71. The lowest BCUT2D eigenvalue weighted by Crippen LogP contribution is -2.46. The van der Waals surface area contributed by atoms with Crippen molar-refractivity contribution in [3.63, 3.8) is 0 Å². The highest BCUT2D eigenvalue weighted by Gasteiger charge is 2.26. The van der Waals surface area contributed by atoms with Gasteiger partial charge >= 0.3 is 0 Å². The van der Waals surface area contributed by atoms with Crippen LogP contribution in [0.1, 0.15) is 25.3 Å². The zero-order chi connectivity index (χ0) is 16.9. The van der Waals surface area contributed by atoms with Crippen molar-refractivity contribution in [3.05, 3.63) is 29.6 Å². The Morgan fingerprint density at radius 3 is 2.91 bits per heavy atom. The minimum absolute atomic E-state index is 0.0692. The maximum Gasteiger partial charge on any atom is 0.279 e. The normalized spacial score (nSPS) is 19.3. The van der Waals surface area contributed by atoms with E-state index in [1.165, 1.54) is 16.4 Å². The van der Waals surface area contributed by atoms with Gasteiger partial charge in [0.05, 0.1) is 5.69 Å². The first kappa shape index (κ1) is 17.7. The predicted octanol–water partition coefficient (Wildman–Crippen LogP) is 1.68. The lowest BCUT2D eigenvalue weighted by atomic mass is 10.0. The van der Waals surface area contributed by atoms with E-state index in [-0.39, 0.29) is 18.7 Å². The third-order valence-electron chi connectivity index (χ3n) is 3.81. The smallest absolute Gasteiger partial charge is 0.279 e. The first-order valence-corrected chi connectivity index (χ1v) is 9.05. The van der Waals surface area contributed by atoms with Crippen molar-refractivity contribution >= 4 is 15.9 Å². The number of benzene rings is 1.